The lowest BCUT2D eigenvalue weighted by molar-refractivity contribution is 0.196. The molecule has 0 unspecified atom stereocenters. The van der Waals surface area contributed by atoms with Gasteiger partial charge in [-0.15, -0.1) is 0 Å². The third-order valence-corrected chi connectivity index (χ3v) is 3.43. The number of aliphatic hydroxyl groups is 1. The van der Waals surface area contributed by atoms with E-state index in [0.717, 1.165) is 5.56 Å². The molecule has 23 heavy (non-hydrogen) atoms. The lowest BCUT2D eigenvalue weighted by Crippen LogP contribution is -2.17. The summed E-state index contributed by atoms with van der Waals surface area (Å²) in [5, 5.41) is 12.1. The molecular weight excluding hydrogens is 297 g/mol. The predicted molar refractivity (Wildman–Crippen MR) is 87.4 cm³/mol. The number of ether oxygens (including phenoxy) is 2. The lowest BCUT2D eigenvalue weighted by atomic mass is 10.1. The normalized spacial score (nSPS) is 10.6. The summed E-state index contributed by atoms with van der Waals surface area (Å²) in [6, 6.07) is 12.5. The van der Waals surface area contributed by atoms with Gasteiger partial charge in [-0.05, 0) is 42.3 Å². The van der Waals surface area contributed by atoms with Gasteiger partial charge in [0.2, 0.25) is 0 Å². The Balaban J connectivity index is 1.84. The fourth-order valence-electron chi connectivity index (χ4n) is 2.25. The molecule has 5 heteroatoms. The summed E-state index contributed by atoms with van der Waals surface area (Å²) < 4.78 is 24.2. The number of rotatable bonds is 9. The van der Waals surface area contributed by atoms with Crippen molar-refractivity contribution >= 4 is 0 Å². The fraction of sp³-hybridized carbons (Fsp3) is 0.333. The van der Waals surface area contributed by atoms with Gasteiger partial charge in [0.25, 0.3) is 0 Å². The van der Waals surface area contributed by atoms with E-state index in [0.29, 0.717) is 36.6 Å². The molecule has 0 aliphatic carbocycles. The van der Waals surface area contributed by atoms with E-state index in [2.05, 4.69) is 5.32 Å². The number of halogens is 1. The molecule has 0 fully saturated rings. The molecule has 0 radical (unpaired) electrons. The summed E-state index contributed by atoms with van der Waals surface area (Å²) in [5.41, 5.74) is 1.76. The summed E-state index contributed by atoms with van der Waals surface area (Å²) in [7, 11) is 1.58. The van der Waals surface area contributed by atoms with Crippen LogP contribution < -0.4 is 14.8 Å². The van der Waals surface area contributed by atoms with E-state index >= 15 is 0 Å². The smallest absolute Gasteiger partial charge is 0.161 e. The summed E-state index contributed by atoms with van der Waals surface area (Å²) in [6.45, 7) is 1.54. The van der Waals surface area contributed by atoms with Gasteiger partial charge in [0.1, 0.15) is 12.4 Å². The largest absolute Gasteiger partial charge is 0.493 e. The van der Waals surface area contributed by atoms with Crippen LogP contribution in [0.1, 0.15) is 11.1 Å². The minimum absolute atomic E-state index is 0.0392. The van der Waals surface area contributed by atoms with Gasteiger partial charge < -0.3 is 19.9 Å². The van der Waals surface area contributed by atoms with Crippen LogP contribution >= 0.6 is 0 Å². The molecule has 0 aliphatic rings. The Hall–Kier alpha value is -2.11. The van der Waals surface area contributed by atoms with Gasteiger partial charge in [-0.25, -0.2) is 4.39 Å². The highest BCUT2D eigenvalue weighted by Gasteiger charge is 2.06. The van der Waals surface area contributed by atoms with E-state index in [-0.39, 0.29) is 19.0 Å². The molecule has 0 aromatic heterocycles. The molecule has 2 aromatic rings. The third kappa shape index (κ3) is 5.23. The lowest BCUT2D eigenvalue weighted by Gasteiger charge is -2.12. The first-order valence-electron chi connectivity index (χ1n) is 7.59. The zero-order valence-electron chi connectivity index (χ0n) is 13.2. The van der Waals surface area contributed by atoms with E-state index < -0.39 is 0 Å². The fourth-order valence-corrected chi connectivity index (χ4v) is 2.25. The van der Waals surface area contributed by atoms with Crippen LogP contribution in [0.25, 0.3) is 0 Å². The van der Waals surface area contributed by atoms with Gasteiger partial charge in [0, 0.05) is 6.54 Å². The number of hydrogen-bond acceptors (Lipinski definition) is 4. The van der Waals surface area contributed by atoms with Gasteiger partial charge in [0.05, 0.1) is 13.7 Å². The second kappa shape index (κ2) is 9.12. The monoisotopic (exact) mass is 319 g/mol. The molecule has 0 aliphatic heterocycles. The van der Waals surface area contributed by atoms with Gasteiger partial charge >= 0.3 is 0 Å². The highest BCUT2D eigenvalue weighted by molar-refractivity contribution is 5.42. The van der Waals surface area contributed by atoms with Gasteiger partial charge in [-0.3, -0.25) is 0 Å². The molecule has 0 amide bonds. The van der Waals surface area contributed by atoms with E-state index in [1.54, 1.807) is 19.2 Å². The second-order valence-corrected chi connectivity index (χ2v) is 5.08. The molecule has 124 valence electrons. The van der Waals surface area contributed by atoms with E-state index in [4.69, 9.17) is 14.6 Å². The molecule has 4 nitrogen and oxygen atoms in total. The highest BCUT2D eigenvalue weighted by atomic mass is 19.1. The second-order valence-electron chi connectivity index (χ2n) is 5.08. The van der Waals surface area contributed by atoms with Crippen molar-refractivity contribution < 1.29 is 19.0 Å². The minimum atomic E-state index is -0.165. The standard InChI is InChI=1S/C18H22FNO3/c1-22-18-12-14(6-7-17(18)23-11-10-21)13-20-9-8-15-4-2-3-5-16(15)19/h2-7,12,20-21H,8-11,13H2,1H3. The molecular formula is C18H22FNO3. The topological polar surface area (TPSA) is 50.7 Å². The highest BCUT2D eigenvalue weighted by Crippen LogP contribution is 2.27. The summed E-state index contributed by atoms with van der Waals surface area (Å²) in [6.07, 6.45) is 0.640. The quantitative estimate of drug-likeness (QED) is 0.698. The van der Waals surface area contributed by atoms with Crippen molar-refractivity contribution in [1.29, 1.82) is 0 Å². The van der Waals surface area contributed by atoms with Crippen LogP contribution in [0.3, 0.4) is 0 Å². The Morgan fingerprint density at radius 1 is 1.13 bits per heavy atom. The molecule has 0 saturated heterocycles. The molecule has 2 rings (SSSR count). The summed E-state index contributed by atoms with van der Waals surface area (Å²) >= 11 is 0. The predicted octanol–water partition coefficient (Wildman–Crippen LogP) is 2.54. The van der Waals surface area contributed by atoms with Crippen LogP contribution in [0.5, 0.6) is 11.5 Å². The SMILES string of the molecule is COc1cc(CNCCc2ccccc2F)ccc1OCCO. The van der Waals surface area contributed by atoms with Crippen LogP contribution in [0.15, 0.2) is 42.5 Å². The van der Waals surface area contributed by atoms with E-state index in [1.165, 1.54) is 6.07 Å². The van der Waals surface area contributed by atoms with Gasteiger partial charge in [-0.2, -0.15) is 0 Å². The number of nitrogens with one attached hydrogen (secondary N) is 1. The van der Waals surface area contributed by atoms with Crippen LogP contribution in [-0.2, 0) is 13.0 Å². The zero-order chi connectivity index (χ0) is 16.5. The van der Waals surface area contributed by atoms with Crippen molar-refractivity contribution in [3.05, 3.63) is 59.4 Å². The Labute approximate surface area is 135 Å². The van der Waals surface area contributed by atoms with Crippen molar-refractivity contribution in [2.24, 2.45) is 0 Å². The first-order chi connectivity index (χ1) is 11.2. The van der Waals surface area contributed by atoms with Crippen LogP contribution in [0, 0.1) is 5.82 Å². The van der Waals surface area contributed by atoms with Crippen molar-refractivity contribution in [3.8, 4) is 11.5 Å². The maximum absolute atomic E-state index is 13.5. The first-order valence-corrected chi connectivity index (χ1v) is 7.59. The molecule has 2 N–H and O–H groups in total. The number of methoxy groups -OCH3 is 1. The molecule has 0 atom stereocenters. The van der Waals surface area contributed by atoms with Crippen molar-refractivity contribution in [2.75, 3.05) is 26.9 Å². The molecule has 0 bridgehead atoms. The van der Waals surface area contributed by atoms with E-state index in [9.17, 15) is 4.39 Å². The Morgan fingerprint density at radius 2 is 1.96 bits per heavy atom. The Kier molecular flexibility index (Phi) is 6.84. The average molecular weight is 319 g/mol. The zero-order valence-corrected chi connectivity index (χ0v) is 13.2. The summed E-state index contributed by atoms with van der Waals surface area (Å²) in [5.74, 6) is 1.07. The molecule has 0 saturated carbocycles. The van der Waals surface area contributed by atoms with E-state index in [1.807, 2.05) is 24.3 Å². The maximum Gasteiger partial charge on any atom is 0.161 e. The van der Waals surface area contributed by atoms with Crippen LogP contribution in [0.2, 0.25) is 0 Å². The van der Waals surface area contributed by atoms with Crippen LogP contribution in [0.4, 0.5) is 4.39 Å². The Bertz CT molecular complexity index is 619. The molecule has 0 heterocycles. The minimum Gasteiger partial charge on any atom is -0.493 e. The van der Waals surface area contributed by atoms with Gasteiger partial charge in [0.15, 0.2) is 11.5 Å². The van der Waals surface area contributed by atoms with Gasteiger partial charge in [-0.1, -0.05) is 24.3 Å². The van der Waals surface area contributed by atoms with Crippen LogP contribution in [-0.4, -0.2) is 32.0 Å². The number of hydrogen-bond donors (Lipinski definition) is 2. The number of aliphatic hydroxyl groups excluding tert-OH is 1. The van der Waals surface area contributed by atoms with Crippen molar-refractivity contribution in [2.45, 2.75) is 13.0 Å². The van der Waals surface area contributed by atoms with Crippen molar-refractivity contribution in [1.82, 2.24) is 5.32 Å². The number of benzene rings is 2. The Morgan fingerprint density at radius 3 is 2.70 bits per heavy atom. The first kappa shape index (κ1) is 17.2. The summed E-state index contributed by atoms with van der Waals surface area (Å²) in [4.78, 5) is 0. The molecule has 2 aromatic carbocycles. The molecule has 0 spiro atoms. The maximum atomic E-state index is 13.5. The van der Waals surface area contributed by atoms with Crippen molar-refractivity contribution in [3.63, 3.8) is 0 Å². The average Bonchev–Trinajstić information content (AvgIpc) is 2.58. The third-order valence-electron chi connectivity index (χ3n) is 3.43.